The Morgan fingerprint density at radius 2 is 1.95 bits per heavy atom. The molecule has 0 aliphatic carbocycles. The molecule has 0 amide bonds. The van der Waals surface area contributed by atoms with Crippen LogP contribution in [0.2, 0.25) is 0 Å². The van der Waals surface area contributed by atoms with E-state index < -0.39 is 5.97 Å². The molecule has 106 valence electrons. The second-order valence-electron chi connectivity index (χ2n) is 4.83. The Balaban J connectivity index is 2.24. The number of rotatable bonds is 3. The van der Waals surface area contributed by atoms with Gasteiger partial charge in [0.1, 0.15) is 11.5 Å². The average molecular weight is 282 g/mol. The van der Waals surface area contributed by atoms with E-state index in [9.17, 15) is 9.90 Å². The zero-order valence-corrected chi connectivity index (χ0v) is 11.7. The first kappa shape index (κ1) is 13.2. The van der Waals surface area contributed by atoms with Gasteiger partial charge in [-0.2, -0.15) is 5.10 Å². The maximum Gasteiger partial charge on any atom is 0.356 e. The highest BCUT2D eigenvalue weighted by Gasteiger charge is 2.18. The molecule has 0 bridgehead atoms. The number of hydrogen-bond acceptors (Lipinski definition) is 3. The van der Waals surface area contributed by atoms with Gasteiger partial charge in [0, 0.05) is 6.07 Å². The molecule has 2 heterocycles. The molecule has 0 saturated carbocycles. The van der Waals surface area contributed by atoms with Gasteiger partial charge in [-0.05, 0) is 37.6 Å². The highest BCUT2D eigenvalue weighted by Crippen LogP contribution is 2.27. The number of carbonyl (C=O) groups is 1. The lowest BCUT2D eigenvalue weighted by Crippen LogP contribution is -2.03. The van der Waals surface area contributed by atoms with Crippen molar-refractivity contribution in [1.82, 2.24) is 9.78 Å². The second-order valence-corrected chi connectivity index (χ2v) is 4.83. The minimum Gasteiger partial charge on any atom is -0.476 e. The fourth-order valence-corrected chi connectivity index (χ4v) is 2.22. The molecule has 5 nitrogen and oxygen atoms in total. The van der Waals surface area contributed by atoms with Gasteiger partial charge in [-0.25, -0.2) is 9.48 Å². The van der Waals surface area contributed by atoms with Crippen molar-refractivity contribution in [2.24, 2.45) is 0 Å². The lowest BCUT2D eigenvalue weighted by Gasteiger charge is -2.08. The van der Waals surface area contributed by atoms with Gasteiger partial charge in [0.05, 0.1) is 5.69 Å². The van der Waals surface area contributed by atoms with Gasteiger partial charge in [-0.15, -0.1) is 0 Å². The Hall–Kier alpha value is -2.82. The molecular formula is C16H14N2O3. The van der Waals surface area contributed by atoms with Crippen molar-refractivity contribution in [2.75, 3.05) is 0 Å². The smallest absolute Gasteiger partial charge is 0.356 e. The van der Waals surface area contributed by atoms with Crippen LogP contribution < -0.4 is 0 Å². The van der Waals surface area contributed by atoms with Gasteiger partial charge in [0.15, 0.2) is 11.5 Å². The summed E-state index contributed by atoms with van der Waals surface area (Å²) in [5.41, 5.74) is 2.44. The van der Waals surface area contributed by atoms with Gasteiger partial charge in [0.2, 0.25) is 0 Å². The van der Waals surface area contributed by atoms with Crippen LogP contribution in [0, 0.1) is 13.8 Å². The highest BCUT2D eigenvalue weighted by molar-refractivity contribution is 5.87. The summed E-state index contributed by atoms with van der Waals surface area (Å²) in [6.45, 7) is 3.80. The molecule has 0 saturated heterocycles. The first-order valence-corrected chi connectivity index (χ1v) is 6.52. The summed E-state index contributed by atoms with van der Waals surface area (Å²) in [5, 5.41) is 13.4. The van der Waals surface area contributed by atoms with Crippen LogP contribution >= 0.6 is 0 Å². The third-order valence-corrected chi connectivity index (χ3v) is 3.26. The molecule has 0 aliphatic rings. The van der Waals surface area contributed by atoms with Gasteiger partial charge < -0.3 is 9.52 Å². The average Bonchev–Trinajstić information content (AvgIpc) is 3.05. The van der Waals surface area contributed by atoms with E-state index in [0.717, 1.165) is 17.0 Å². The third-order valence-electron chi connectivity index (χ3n) is 3.26. The molecule has 2 aromatic heterocycles. The number of carboxylic acid groups (broad SMARTS) is 1. The van der Waals surface area contributed by atoms with Crippen LogP contribution in [0.25, 0.3) is 17.1 Å². The third kappa shape index (κ3) is 2.33. The molecule has 5 heteroatoms. The molecule has 3 rings (SSSR count). The van der Waals surface area contributed by atoms with E-state index in [2.05, 4.69) is 5.10 Å². The predicted molar refractivity (Wildman–Crippen MR) is 77.7 cm³/mol. The SMILES string of the molecule is Cc1ccc(-c2cc(C(=O)O)nn2-c2ccccc2C)o1. The van der Waals surface area contributed by atoms with E-state index >= 15 is 0 Å². The Bertz CT molecular complexity index is 815. The van der Waals surface area contributed by atoms with Crippen LogP contribution in [-0.4, -0.2) is 20.9 Å². The molecule has 1 aromatic carbocycles. The fraction of sp³-hybridized carbons (Fsp3) is 0.125. The maximum atomic E-state index is 11.2. The number of nitrogens with zero attached hydrogens (tertiary/aromatic N) is 2. The lowest BCUT2D eigenvalue weighted by atomic mass is 10.2. The van der Waals surface area contributed by atoms with Gasteiger partial charge in [-0.3, -0.25) is 0 Å². The van der Waals surface area contributed by atoms with Crippen LogP contribution in [0.1, 0.15) is 21.8 Å². The van der Waals surface area contributed by atoms with E-state index in [1.165, 1.54) is 6.07 Å². The molecule has 21 heavy (non-hydrogen) atoms. The van der Waals surface area contributed by atoms with Crippen molar-refractivity contribution >= 4 is 5.97 Å². The zero-order valence-electron chi connectivity index (χ0n) is 11.7. The van der Waals surface area contributed by atoms with Crippen molar-refractivity contribution in [3.05, 3.63) is 59.5 Å². The molecule has 0 unspecified atom stereocenters. The molecule has 0 aliphatic heterocycles. The number of aromatic nitrogens is 2. The normalized spacial score (nSPS) is 10.8. The largest absolute Gasteiger partial charge is 0.476 e. The van der Waals surface area contributed by atoms with Crippen molar-refractivity contribution in [3.8, 4) is 17.1 Å². The Kier molecular flexibility index (Phi) is 3.10. The van der Waals surface area contributed by atoms with E-state index in [1.54, 1.807) is 4.68 Å². The van der Waals surface area contributed by atoms with E-state index in [0.29, 0.717) is 11.5 Å². The summed E-state index contributed by atoms with van der Waals surface area (Å²) in [6.07, 6.45) is 0. The molecule has 3 aromatic rings. The van der Waals surface area contributed by atoms with E-state index in [4.69, 9.17) is 4.42 Å². The number of carboxylic acids is 1. The predicted octanol–water partition coefficient (Wildman–Crippen LogP) is 3.45. The number of hydrogen-bond donors (Lipinski definition) is 1. The molecule has 0 radical (unpaired) electrons. The van der Waals surface area contributed by atoms with Crippen LogP contribution in [-0.2, 0) is 0 Å². The minimum atomic E-state index is -1.06. The van der Waals surface area contributed by atoms with Gasteiger partial charge in [0.25, 0.3) is 0 Å². The topological polar surface area (TPSA) is 68.3 Å². The molecular weight excluding hydrogens is 268 g/mol. The van der Waals surface area contributed by atoms with E-state index in [-0.39, 0.29) is 5.69 Å². The van der Waals surface area contributed by atoms with Crippen molar-refractivity contribution < 1.29 is 14.3 Å². The first-order valence-electron chi connectivity index (χ1n) is 6.52. The maximum absolute atomic E-state index is 11.2. The summed E-state index contributed by atoms with van der Waals surface area (Å²) >= 11 is 0. The molecule has 1 N–H and O–H groups in total. The number of benzene rings is 1. The van der Waals surface area contributed by atoms with Crippen molar-refractivity contribution in [3.63, 3.8) is 0 Å². The summed E-state index contributed by atoms with van der Waals surface area (Å²) < 4.78 is 7.22. The summed E-state index contributed by atoms with van der Waals surface area (Å²) in [5.74, 6) is 0.294. The number of furan rings is 1. The zero-order chi connectivity index (χ0) is 15.0. The highest BCUT2D eigenvalue weighted by atomic mass is 16.4. The number of para-hydroxylation sites is 1. The molecule has 0 fully saturated rings. The fourth-order valence-electron chi connectivity index (χ4n) is 2.22. The Labute approximate surface area is 121 Å². The molecule has 0 spiro atoms. The van der Waals surface area contributed by atoms with Crippen LogP contribution in [0.15, 0.2) is 46.9 Å². The van der Waals surface area contributed by atoms with Crippen LogP contribution in [0.3, 0.4) is 0 Å². The summed E-state index contributed by atoms with van der Waals surface area (Å²) in [4.78, 5) is 11.2. The first-order chi connectivity index (χ1) is 10.1. The van der Waals surface area contributed by atoms with Gasteiger partial charge >= 0.3 is 5.97 Å². The Morgan fingerprint density at radius 1 is 1.19 bits per heavy atom. The van der Waals surface area contributed by atoms with E-state index in [1.807, 2.05) is 50.2 Å². The van der Waals surface area contributed by atoms with Crippen molar-refractivity contribution in [1.29, 1.82) is 0 Å². The quantitative estimate of drug-likeness (QED) is 0.799. The minimum absolute atomic E-state index is 0.0118. The van der Waals surface area contributed by atoms with Crippen LogP contribution in [0.5, 0.6) is 0 Å². The van der Waals surface area contributed by atoms with Gasteiger partial charge in [-0.1, -0.05) is 18.2 Å². The summed E-state index contributed by atoms with van der Waals surface area (Å²) in [6, 6.07) is 12.8. The Morgan fingerprint density at radius 3 is 2.57 bits per heavy atom. The number of aromatic carboxylic acids is 1. The standard InChI is InChI=1S/C16H14N2O3/c1-10-5-3-4-6-13(10)18-14(9-12(17-18)16(19)20)15-8-7-11(2)21-15/h3-9H,1-2H3,(H,19,20). The van der Waals surface area contributed by atoms with Crippen LogP contribution in [0.4, 0.5) is 0 Å². The number of aryl methyl sites for hydroxylation is 2. The summed E-state index contributed by atoms with van der Waals surface area (Å²) in [7, 11) is 0. The monoisotopic (exact) mass is 282 g/mol. The lowest BCUT2D eigenvalue weighted by molar-refractivity contribution is 0.0690. The van der Waals surface area contributed by atoms with Crippen molar-refractivity contribution in [2.45, 2.75) is 13.8 Å². The molecule has 0 atom stereocenters. The second kappa shape index (κ2) is 4.94.